The van der Waals surface area contributed by atoms with E-state index in [1.807, 2.05) is 10.9 Å². The molecule has 1 fully saturated rings. The number of rotatable bonds is 5. The van der Waals surface area contributed by atoms with E-state index in [0.29, 0.717) is 11.8 Å². The number of benzene rings is 1. The van der Waals surface area contributed by atoms with Gasteiger partial charge in [-0.2, -0.15) is 5.10 Å². The van der Waals surface area contributed by atoms with E-state index >= 15 is 0 Å². The summed E-state index contributed by atoms with van der Waals surface area (Å²) in [6, 6.07) is 10.8. The van der Waals surface area contributed by atoms with E-state index in [1.54, 1.807) is 0 Å². The Morgan fingerprint density at radius 2 is 2.16 bits per heavy atom. The maximum Gasteiger partial charge on any atom is 0.0537 e. The molecule has 19 heavy (non-hydrogen) atoms. The minimum atomic E-state index is 0.121. The van der Waals surface area contributed by atoms with E-state index in [4.69, 9.17) is 5.73 Å². The van der Waals surface area contributed by atoms with Crippen molar-refractivity contribution in [1.82, 2.24) is 9.78 Å². The molecule has 3 rings (SSSR count). The van der Waals surface area contributed by atoms with Gasteiger partial charge in [-0.25, -0.2) is 0 Å². The third-order valence-electron chi connectivity index (χ3n) is 4.02. The molecule has 0 spiro atoms. The molecular weight excluding hydrogens is 234 g/mol. The van der Waals surface area contributed by atoms with Gasteiger partial charge in [0.25, 0.3) is 0 Å². The highest BCUT2D eigenvalue weighted by Gasteiger charge is 2.43. The van der Waals surface area contributed by atoms with Gasteiger partial charge in [-0.15, -0.1) is 0 Å². The minimum Gasteiger partial charge on any atom is -0.324 e. The highest BCUT2D eigenvalue weighted by molar-refractivity contribution is 5.28. The summed E-state index contributed by atoms with van der Waals surface area (Å²) in [4.78, 5) is 0. The number of aromatic nitrogens is 2. The van der Waals surface area contributed by atoms with E-state index in [2.05, 4.69) is 48.6 Å². The molecule has 0 saturated heterocycles. The highest BCUT2D eigenvalue weighted by Crippen LogP contribution is 2.53. The van der Waals surface area contributed by atoms with Gasteiger partial charge in [-0.3, -0.25) is 4.68 Å². The third kappa shape index (κ3) is 2.56. The van der Waals surface area contributed by atoms with Crippen LogP contribution in [0.15, 0.2) is 42.7 Å². The van der Waals surface area contributed by atoms with Crippen LogP contribution in [0.3, 0.4) is 0 Å². The first-order valence-electron chi connectivity index (χ1n) is 7.12. The van der Waals surface area contributed by atoms with Gasteiger partial charge >= 0.3 is 0 Å². The average Bonchev–Trinajstić information content (AvgIpc) is 3.12. The van der Waals surface area contributed by atoms with Crippen LogP contribution in [0.2, 0.25) is 0 Å². The zero-order valence-electron chi connectivity index (χ0n) is 11.4. The fourth-order valence-corrected chi connectivity index (χ4v) is 2.85. The van der Waals surface area contributed by atoms with Crippen molar-refractivity contribution in [2.75, 3.05) is 0 Å². The van der Waals surface area contributed by atoms with Gasteiger partial charge < -0.3 is 5.73 Å². The molecule has 3 unspecified atom stereocenters. The third-order valence-corrected chi connectivity index (χ3v) is 4.02. The maximum absolute atomic E-state index is 6.38. The quantitative estimate of drug-likeness (QED) is 0.892. The monoisotopic (exact) mass is 255 g/mol. The lowest BCUT2D eigenvalue weighted by Crippen LogP contribution is -2.12. The smallest absolute Gasteiger partial charge is 0.0537 e. The molecule has 1 aromatic heterocycles. The summed E-state index contributed by atoms with van der Waals surface area (Å²) < 4.78 is 2.00. The zero-order chi connectivity index (χ0) is 13.2. The maximum atomic E-state index is 6.38. The fraction of sp³-hybridized carbons (Fsp3) is 0.438. The lowest BCUT2D eigenvalue weighted by molar-refractivity contribution is 0.593. The highest BCUT2D eigenvalue weighted by atomic mass is 15.3. The molecule has 1 heterocycles. The Kier molecular flexibility index (Phi) is 3.38. The van der Waals surface area contributed by atoms with Crippen molar-refractivity contribution in [2.45, 2.75) is 38.3 Å². The van der Waals surface area contributed by atoms with Gasteiger partial charge in [-0.05, 0) is 30.2 Å². The molecule has 0 radical (unpaired) electrons. The molecule has 1 saturated carbocycles. The molecule has 1 aliphatic carbocycles. The molecule has 1 aliphatic rings. The van der Waals surface area contributed by atoms with Gasteiger partial charge in [0.2, 0.25) is 0 Å². The molecule has 3 nitrogen and oxygen atoms in total. The second-order valence-corrected chi connectivity index (χ2v) is 5.48. The largest absolute Gasteiger partial charge is 0.324 e. The first kappa shape index (κ1) is 12.4. The van der Waals surface area contributed by atoms with Crippen LogP contribution in [-0.4, -0.2) is 9.78 Å². The molecule has 2 aromatic rings. The van der Waals surface area contributed by atoms with E-state index in [9.17, 15) is 0 Å². The second-order valence-electron chi connectivity index (χ2n) is 5.48. The number of nitrogens with zero attached hydrogens (tertiary/aromatic N) is 2. The number of hydrogen-bond donors (Lipinski definition) is 1. The average molecular weight is 255 g/mol. The summed E-state index contributed by atoms with van der Waals surface area (Å²) in [6.45, 7) is 3.13. The molecule has 2 N–H and O–H groups in total. The topological polar surface area (TPSA) is 43.8 Å². The Morgan fingerprint density at radius 1 is 1.37 bits per heavy atom. The Labute approximate surface area is 114 Å². The SMILES string of the molecule is CCCn1cc(C(N)C2CC2c2ccccc2)cn1. The first-order valence-corrected chi connectivity index (χ1v) is 7.12. The van der Waals surface area contributed by atoms with Crippen LogP contribution in [-0.2, 0) is 6.54 Å². The Bertz CT molecular complexity index is 532. The Hall–Kier alpha value is -1.61. The molecule has 0 aliphatic heterocycles. The van der Waals surface area contributed by atoms with Gasteiger partial charge in [-0.1, -0.05) is 37.3 Å². The fourth-order valence-electron chi connectivity index (χ4n) is 2.85. The standard InChI is InChI=1S/C16H21N3/c1-2-8-19-11-13(10-18-19)16(17)15-9-14(15)12-6-4-3-5-7-12/h3-7,10-11,14-16H,2,8-9,17H2,1H3. The van der Waals surface area contributed by atoms with Gasteiger partial charge in [0.15, 0.2) is 0 Å². The first-order chi connectivity index (χ1) is 9.29. The Morgan fingerprint density at radius 3 is 2.89 bits per heavy atom. The summed E-state index contributed by atoms with van der Waals surface area (Å²) in [5.74, 6) is 1.20. The summed E-state index contributed by atoms with van der Waals surface area (Å²) in [5.41, 5.74) is 8.98. The van der Waals surface area contributed by atoms with E-state index in [0.717, 1.165) is 13.0 Å². The van der Waals surface area contributed by atoms with Crippen molar-refractivity contribution in [3.8, 4) is 0 Å². The van der Waals surface area contributed by atoms with Gasteiger partial charge in [0.1, 0.15) is 0 Å². The van der Waals surface area contributed by atoms with Crippen LogP contribution >= 0.6 is 0 Å². The van der Waals surface area contributed by atoms with Crippen LogP contribution in [0.4, 0.5) is 0 Å². The summed E-state index contributed by atoms with van der Waals surface area (Å²) in [7, 11) is 0. The van der Waals surface area contributed by atoms with Crippen molar-refractivity contribution in [3.05, 3.63) is 53.9 Å². The molecule has 0 bridgehead atoms. The summed E-state index contributed by atoms with van der Waals surface area (Å²) >= 11 is 0. The minimum absolute atomic E-state index is 0.121. The normalized spacial score (nSPS) is 23.3. The molecule has 100 valence electrons. The van der Waals surface area contributed by atoms with Crippen molar-refractivity contribution in [3.63, 3.8) is 0 Å². The molecular formula is C16H21N3. The van der Waals surface area contributed by atoms with E-state index in [-0.39, 0.29) is 6.04 Å². The van der Waals surface area contributed by atoms with Crippen LogP contribution in [0.25, 0.3) is 0 Å². The predicted octanol–water partition coefficient (Wildman–Crippen LogP) is 3.10. The van der Waals surface area contributed by atoms with Crippen LogP contribution in [0, 0.1) is 5.92 Å². The molecule has 3 heteroatoms. The van der Waals surface area contributed by atoms with E-state index in [1.165, 1.54) is 17.5 Å². The van der Waals surface area contributed by atoms with Crippen molar-refractivity contribution >= 4 is 0 Å². The van der Waals surface area contributed by atoms with Gasteiger partial charge in [0, 0.05) is 24.3 Å². The van der Waals surface area contributed by atoms with Crippen LogP contribution < -0.4 is 5.73 Å². The number of aryl methyl sites for hydroxylation is 1. The number of nitrogens with two attached hydrogens (primary N) is 1. The van der Waals surface area contributed by atoms with Crippen LogP contribution in [0.5, 0.6) is 0 Å². The lowest BCUT2D eigenvalue weighted by atomic mass is 10.0. The Balaban J connectivity index is 1.67. The number of hydrogen-bond acceptors (Lipinski definition) is 2. The van der Waals surface area contributed by atoms with E-state index < -0.39 is 0 Å². The van der Waals surface area contributed by atoms with Crippen molar-refractivity contribution < 1.29 is 0 Å². The van der Waals surface area contributed by atoms with Crippen molar-refractivity contribution in [2.24, 2.45) is 11.7 Å². The molecule has 0 amide bonds. The lowest BCUT2D eigenvalue weighted by Gasteiger charge is -2.09. The van der Waals surface area contributed by atoms with Crippen LogP contribution in [0.1, 0.15) is 42.9 Å². The van der Waals surface area contributed by atoms with Crippen molar-refractivity contribution in [1.29, 1.82) is 0 Å². The predicted molar refractivity (Wildman–Crippen MR) is 76.7 cm³/mol. The second kappa shape index (κ2) is 5.17. The molecule has 1 aromatic carbocycles. The van der Waals surface area contributed by atoms with Gasteiger partial charge in [0.05, 0.1) is 6.20 Å². The molecule has 3 atom stereocenters. The summed E-state index contributed by atoms with van der Waals surface area (Å²) in [5, 5.41) is 4.37. The summed E-state index contributed by atoms with van der Waals surface area (Å²) in [6.07, 6.45) is 6.34. The zero-order valence-corrected chi connectivity index (χ0v) is 11.4.